The van der Waals surface area contributed by atoms with E-state index in [1.807, 2.05) is 6.92 Å². The Kier molecular flexibility index (Phi) is 6.29. The molecule has 0 saturated carbocycles. The normalized spacial score (nSPS) is 11.5. The van der Waals surface area contributed by atoms with E-state index in [0.29, 0.717) is 24.3 Å². The Bertz CT molecular complexity index is 447. The second-order valence-corrected chi connectivity index (χ2v) is 4.34. The number of nitrogens with one attached hydrogen (secondary N) is 1. The van der Waals surface area contributed by atoms with Crippen molar-refractivity contribution in [3.05, 3.63) is 41.2 Å². The SMILES string of the molecule is CCCCc1cc(F)c(NC/C=C(/C)ON)cc1F. The van der Waals surface area contributed by atoms with Gasteiger partial charge in [0.2, 0.25) is 0 Å². The molecule has 0 unspecified atom stereocenters. The number of benzene rings is 1. The molecule has 1 rings (SSSR count). The molecule has 0 radical (unpaired) electrons. The van der Waals surface area contributed by atoms with Crippen LogP contribution in [0.4, 0.5) is 14.5 Å². The number of hydrogen-bond acceptors (Lipinski definition) is 3. The third-order valence-corrected chi connectivity index (χ3v) is 2.80. The van der Waals surface area contributed by atoms with E-state index < -0.39 is 5.82 Å². The van der Waals surface area contributed by atoms with Gasteiger partial charge in [-0.3, -0.25) is 0 Å². The maximum Gasteiger partial charge on any atom is 0.146 e. The van der Waals surface area contributed by atoms with Gasteiger partial charge in [0.15, 0.2) is 0 Å². The van der Waals surface area contributed by atoms with Crippen molar-refractivity contribution in [3.63, 3.8) is 0 Å². The second kappa shape index (κ2) is 7.74. The van der Waals surface area contributed by atoms with E-state index in [4.69, 9.17) is 5.90 Å². The lowest BCUT2D eigenvalue weighted by Gasteiger charge is -2.09. The average molecular weight is 270 g/mol. The van der Waals surface area contributed by atoms with E-state index in [2.05, 4.69) is 10.2 Å². The molecule has 19 heavy (non-hydrogen) atoms. The predicted octanol–water partition coefficient (Wildman–Crippen LogP) is 3.51. The first kappa shape index (κ1) is 15.4. The molecule has 0 aromatic heterocycles. The average Bonchev–Trinajstić information content (AvgIpc) is 2.40. The largest absolute Gasteiger partial charge is 0.417 e. The van der Waals surface area contributed by atoms with Crippen LogP contribution in [0.15, 0.2) is 24.0 Å². The molecule has 0 aliphatic heterocycles. The molecule has 0 fully saturated rings. The fourth-order valence-electron chi connectivity index (χ4n) is 1.64. The smallest absolute Gasteiger partial charge is 0.146 e. The number of halogens is 2. The first-order valence-corrected chi connectivity index (χ1v) is 6.33. The Morgan fingerprint density at radius 3 is 2.74 bits per heavy atom. The van der Waals surface area contributed by atoms with Crippen LogP contribution in [-0.4, -0.2) is 6.54 Å². The van der Waals surface area contributed by atoms with E-state index in [-0.39, 0.29) is 11.5 Å². The highest BCUT2D eigenvalue weighted by Gasteiger charge is 2.09. The standard InChI is InChI=1S/C14H20F2N2O/c1-3-4-5-11-8-13(16)14(9-12(11)15)18-7-6-10(2)19-17/h6,8-9,18H,3-5,7,17H2,1-2H3/b10-6-. The summed E-state index contributed by atoms with van der Waals surface area (Å²) in [7, 11) is 0. The van der Waals surface area contributed by atoms with Crippen molar-refractivity contribution in [1.82, 2.24) is 0 Å². The lowest BCUT2D eigenvalue weighted by molar-refractivity contribution is 0.222. The summed E-state index contributed by atoms with van der Waals surface area (Å²) in [5.41, 5.74) is 0.556. The molecule has 0 spiro atoms. The van der Waals surface area contributed by atoms with E-state index in [0.717, 1.165) is 12.8 Å². The minimum absolute atomic E-state index is 0.138. The number of hydrogen-bond donors (Lipinski definition) is 2. The van der Waals surface area contributed by atoms with E-state index >= 15 is 0 Å². The van der Waals surface area contributed by atoms with Crippen molar-refractivity contribution in [2.75, 3.05) is 11.9 Å². The lowest BCUT2D eigenvalue weighted by atomic mass is 10.1. The van der Waals surface area contributed by atoms with Crippen LogP contribution in [0.25, 0.3) is 0 Å². The van der Waals surface area contributed by atoms with Gasteiger partial charge < -0.3 is 10.2 Å². The minimum atomic E-state index is -0.452. The third kappa shape index (κ3) is 4.87. The molecule has 3 N–H and O–H groups in total. The summed E-state index contributed by atoms with van der Waals surface area (Å²) < 4.78 is 27.5. The molecule has 0 aliphatic carbocycles. The predicted molar refractivity (Wildman–Crippen MR) is 72.5 cm³/mol. The molecule has 5 heteroatoms. The van der Waals surface area contributed by atoms with Crippen molar-refractivity contribution >= 4 is 5.69 Å². The summed E-state index contributed by atoms with van der Waals surface area (Å²) in [6.07, 6.45) is 3.99. The fraction of sp³-hybridized carbons (Fsp3) is 0.429. The Morgan fingerprint density at radius 1 is 1.37 bits per heavy atom. The van der Waals surface area contributed by atoms with Crippen LogP contribution in [0.2, 0.25) is 0 Å². The van der Waals surface area contributed by atoms with Gasteiger partial charge in [-0.1, -0.05) is 13.3 Å². The highest BCUT2D eigenvalue weighted by molar-refractivity contribution is 5.47. The summed E-state index contributed by atoms with van der Waals surface area (Å²) in [6.45, 7) is 4.00. The van der Waals surface area contributed by atoms with Gasteiger partial charge in [0, 0.05) is 12.6 Å². The zero-order chi connectivity index (χ0) is 14.3. The van der Waals surface area contributed by atoms with E-state index in [9.17, 15) is 8.78 Å². The van der Waals surface area contributed by atoms with Gasteiger partial charge in [0.25, 0.3) is 0 Å². The van der Waals surface area contributed by atoms with Gasteiger partial charge >= 0.3 is 0 Å². The van der Waals surface area contributed by atoms with E-state index in [1.165, 1.54) is 12.1 Å². The van der Waals surface area contributed by atoms with Crippen molar-refractivity contribution < 1.29 is 13.6 Å². The van der Waals surface area contributed by atoms with Gasteiger partial charge in [0.05, 0.1) is 5.69 Å². The van der Waals surface area contributed by atoms with Gasteiger partial charge in [-0.15, -0.1) is 0 Å². The van der Waals surface area contributed by atoms with Crippen LogP contribution in [0.3, 0.4) is 0 Å². The molecule has 0 atom stereocenters. The number of nitrogens with two attached hydrogens (primary N) is 1. The van der Waals surface area contributed by atoms with Crippen molar-refractivity contribution in [2.24, 2.45) is 5.90 Å². The Morgan fingerprint density at radius 2 is 2.11 bits per heavy atom. The second-order valence-electron chi connectivity index (χ2n) is 4.34. The zero-order valence-corrected chi connectivity index (χ0v) is 11.3. The van der Waals surface area contributed by atoms with Gasteiger partial charge in [-0.05, 0) is 37.5 Å². The fourth-order valence-corrected chi connectivity index (χ4v) is 1.64. The Labute approximate surface area is 112 Å². The number of rotatable bonds is 7. The number of allylic oxidation sites excluding steroid dienone is 1. The van der Waals surface area contributed by atoms with Crippen molar-refractivity contribution in [1.29, 1.82) is 0 Å². The van der Waals surface area contributed by atoms with Crippen LogP contribution in [0, 0.1) is 11.6 Å². The third-order valence-electron chi connectivity index (χ3n) is 2.80. The Balaban J connectivity index is 2.72. The highest BCUT2D eigenvalue weighted by Crippen LogP contribution is 2.20. The molecule has 0 amide bonds. The molecule has 106 valence electrons. The maximum absolute atomic E-state index is 13.8. The zero-order valence-electron chi connectivity index (χ0n) is 11.3. The number of anilines is 1. The van der Waals surface area contributed by atoms with Crippen LogP contribution in [0.5, 0.6) is 0 Å². The van der Waals surface area contributed by atoms with Crippen LogP contribution >= 0.6 is 0 Å². The quantitative estimate of drug-likeness (QED) is 0.588. The maximum atomic E-state index is 13.8. The molecule has 0 saturated heterocycles. The van der Waals surface area contributed by atoms with Crippen LogP contribution in [-0.2, 0) is 11.3 Å². The molecular weight excluding hydrogens is 250 g/mol. The molecule has 1 aromatic rings. The van der Waals surface area contributed by atoms with Gasteiger partial charge in [0.1, 0.15) is 17.4 Å². The highest BCUT2D eigenvalue weighted by atomic mass is 19.1. The minimum Gasteiger partial charge on any atom is -0.417 e. The number of unbranched alkanes of at least 4 members (excludes halogenated alkanes) is 1. The van der Waals surface area contributed by atoms with Crippen molar-refractivity contribution in [3.8, 4) is 0 Å². The van der Waals surface area contributed by atoms with Gasteiger partial charge in [-0.2, -0.15) is 5.90 Å². The topological polar surface area (TPSA) is 47.3 Å². The van der Waals surface area contributed by atoms with E-state index in [1.54, 1.807) is 13.0 Å². The molecule has 0 bridgehead atoms. The summed E-state index contributed by atoms with van der Waals surface area (Å²) in [6, 6.07) is 2.44. The lowest BCUT2D eigenvalue weighted by Crippen LogP contribution is -2.05. The molecule has 1 aromatic carbocycles. The Hall–Kier alpha value is -1.62. The first-order chi connectivity index (χ1) is 9.08. The first-order valence-electron chi connectivity index (χ1n) is 6.33. The molecular formula is C14H20F2N2O. The summed E-state index contributed by atoms with van der Waals surface area (Å²) in [5.74, 6) is 4.62. The summed E-state index contributed by atoms with van der Waals surface area (Å²) in [5, 5.41) is 2.78. The monoisotopic (exact) mass is 270 g/mol. The summed E-state index contributed by atoms with van der Waals surface area (Å²) in [4.78, 5) is 4.46. The van der Waals surface area contributed by atoms with Crippen LogP contribution < -0.4 is 11.2 Å². The van der Waals surface area contributed by atoms with Gasteiger partial charge in [-0.25, -0.2) is 8.78 Å². The summed E-state index contributed by atoms with van der Waals surface area (Å²) >= 11 is 0. The van der Waals surface area contributed by atoms with Crippen LogP contribution in [0.1, 0.15) is 32.3 Å². The molecule has 0 heterocycles. The van der Waals surface area contributed by atoms with Crippen molar-refractivity contribution in [2.45, 2.75) is 33.1 Å². The molecule has 0 aliphatic rings. The molecule has 3 nitrogen and oxygen atoms in total. The number of aryl methyl sites for hydroxylation is 1.